The van der Waals surface area contributed by atoms with Crippen LogP contribution in [0.25, 0.3) is 10.9 Å². The van der Waals surface area contributed by atoms with Gasteiger partial charge in [0, 0.05) is 40.0 Å². The third-order valence-electron chi connectivity index (χ3n) is 3.50. The maximum atomic E-state index is 13.4. The Balaban J connectivity index is 2.20. The lowest BCUT2D eigenvalue weighted by molar-refractivity contribution is 0.104. The van der Waals surface area contributed by atoms with E-state index >= 15 is 0 Å². The van der Waals surface area contributed by atoms with Crippen LogP contribution in [-0.4, -0.2) is 10.8 Å². The first-order valence-corrected chi connectivity index (χ1v) is 6.35. The molecule has 0 fully saturated rings. The fourth-order valence-electron chi connectivity index (χ4n) is 2.45. The molecule has 3 nitrogen and oxygen atoms in total. The van der Waals surface area contributed by atoms with E-state index in [0.717, 1.165) is 28.6 Å². The Morgan fingerprint density at radius 3 is 2.62 bits per heavy atom. The molecule has 0 spiro atoms. The molecule has 2 aromatic carbocycles. The first-order chi connectivity index (χ1) is 9.99. The smallest absolute Gasteiger partial charge is 0.197 e. The van der Waals surface area contributed by atoms with Crippen molar-refractivity contribution < 1.29 is 13.6 Å². The maximum Gasteiger partial charge on any atom is 0.197 e. The topological polar surface area (TPSA) is 58.9 Å². The summed E-state index contributed by atoms with van der Waals surface area (Å²) in [5.41, 5.74) is 7.63. The molecule has 3 N–H and O–H groups in total. The summed E-state index contributed by atoms with van der Waals surface area (Å²) in [7, 11) is 0. The molecule has 0 aliphatic carbocycles. The van der Waals surface area contributed by atoms with Gasteiger partial charge in [0.25, 0.3) is 0 Å². The van der Waals surface area contributed by atoms with Crippen molar-refractivity contribution in [3.8, 4) is 0 Å². The summed E-state index contributed by atoms with van der Waals surface area (Å²) in [6, 6.07) is 7.25. The summed E-state index contributed by atoms with van der Waals surface area (Å²) >= 11 is 0. The van der Waals surface area contributed by atoms with Gasteiger partial charge < -0.3 is 10.7 Å². The van der Waals surface area contributed by atoms with Gasteiger partial charge in [0.15, 0.2) is 17.4 Å². The zero-order valence-electron chi connectivity index (χ0n) is 11.2. The van der Waals surface area contributed by atoms with Gasteiger partial charge in [-0.1, -0.05) is 12.1 Å². The van der Waals surface area contributed by atoms with Gasteiger partial charge in [0.1, 0.15) is 0 Å². The first-order valence-electron chi connectivity index (χ1n) is 6.35. The van der Waals surface area contributed by atoms with Crippen LogP contribution < -0.4 is 5.73 Å². The molecule has 5 heteroatoms. The lowest BCUT2D eigenvalue weighted by atomic mass is 9.99. The Kier molecular flexibility index (Phi) is 2.97. The Hall–Kier alpha value is -2.69. The van der Waals surface area contributed by atoms with E-state index in [9.17, 15) is 13.6 Å². The van der Waals surface area contributed by atoms with Crippen LogP contribution >= 0.6 is 0 Å². The molecule has 0 bridgehead atoms. The molecule has 3 rings (SSSR count). The number of aryl methyl sites for hydroxylation is 1. The SMILES string of the molecule is Cc1cccc2[nH]cc(C(=O)c3cc(F)c(F)cc3N)c12. The lowest BCUT2D eigenvalue weighted by Crippen LogP contribution is -2.07. The minimum absolute atomic E-state index is 0.0435. The minimum atomic E-state index is -1.09. The molecule has 0 aliphatic rings. The second-order valence-electron chi connectivity index (χ2n) is 4.88. The van der Waals surface area contributed by atoms with Gasteiger partial charge in [-0.05, 0) is 24.6 Å². The van der Waals surface area contributed by atoms with E-state index in [1.54, 1.807) is 6.20 Å². The fraction of sp³-hybridized carbons (Fsp3) is 0.0625. The number of aromatic nitrogens is 1. The number of aromatic amines is 1. The number of anilines is 1. The van der Waals surface area contributed by atoms with Crippen LogP contribution in [-0.2, 0) is 0 Å². The molecule has 3 aromatic rings. The van der Waals surface area contributed by atoms with Crippen molar-refractivity contribution >= 4 is 22.4 Å². The number of nitrogen functional groups attached to an aromatic ring is 1. The summed E-state index contributed by atoms with van der Waals surface area (Å²) in [4.78, 5) is 15.6. The number of nitrogens with one attached hydrogen (secondary N) is 1. The largest absolute Gasteiger partial charge is 0.398 e. The highest BCUT2D eigenvalue weighted by atomic mass is 19.2. The molecule has 0 atom stereocenters. The summed E-state index contributed by atoms with van der Waals surface area (Å²) < 4.78 is 26.5. The second-order valence-corrected chi connectivity index (χ2v) is 4.88. The van der Waals surface area contributed by atoms with E-state index in [1.807, 2.05) is 25.1 Å². The number of carbonyl (C=O) groups excluding carboxylic acids is 1. The standard InChI is InChI=1S/C16H12F2N2O/c1-8-3-2-4-14-15(8)10(7-20-14)16(21)9-5-11(17)12(18)6-13(9)19/h2-7,20H,19H2,1H3. The quantitative estimate of drug-likeness (QED) is 0.559. The molecule has 0 aliphatic heterocycles. The van der Waals surface area contributed by atoms with Crippen molar-refractivity contribution in [2.45, 2.75) is 6.92 Å². The molecule has 0 radical (unpaired) electrons. The summed E-state index contributed by atoms with van der Waals surface area (Å²) in [5.74, 6) is -2.60. The molecule has 1 heterocycles. The number of ketones is 1. The van der Waals surface area contributed by atoms with Crippen LogP contribution in [0.3, 0.4) is 0 Å². The number of halogens is 2. The molecule has 0 unspecified atom stereocenters. The number of benzene rings is 2. The third kappa shape index (κ3) is 2.07. The number of rotatable bonds is 2. The van der Waals surface area contributed by atoms with E-state index < -0.39 is 17.4 Å². The van der Waals surface area contributed by atoms with Gasteiger partial charge in [0.2, 0.25) is 0 Å². The van der Waals surface area contributed by atoms with Crippen molar-refractivity contribution in [3.05, 3.63) is 64.9 Å². The number of hydrogen-bond donors (Lipinski definition) is 2. The Labute approximate surface area is 119 Å². The van der Waals surface area contributed by atoms with Crippen molar-refractivity contribution in [1.29, 1.82) is 0 Å². The Morgan fingerprint density at radius 1 is 1.14 bits per heavy atom. The minimum Gasteiger partial charge on any atom is -0.398 e. The normalized spacial score (nSPS) is 11.0. The fourth-order valence-corrected chi connectivity index (χ4v) is 2.45. The Morgan fingerprint density at radius 2 is 1.86 bits per heavy atom. The number of hydrogen-bond acceptors (Lipinski definition) is 2. The van der Waals surface area contributed by atoms with E-state index in [-0.39, 0.29) is 11.3 Å². The van der Waals surface area contributed by atoms with Crippen LogP contribution in [0.2, 0.25) is 0 Å². The van der Waals surface area contributed by atoms with Crippen molar-refractivity contribution in [2.75, 3.05) is 5.73 Å². The van der Waals surface area contributed by atoms with Gasteiger partial charge in [-0.25, -0.2) is 8.78 Å². The molecule has 0 saturated heterocycles. The van der Waals surface area contributed by atoms with Gasteiger partial charge >= 0.3 is 0 Å². The molecular formula is C16H12F2N2O. The maximum absolute atomic E-state index is 13.4. The highest BCUT2D eigenvalue weighted by Crippen LogP contribution is 2.27. The van der Waals surface area contributed by atoms with Crippen LogP contribution in [0.1, 0.15) is 21.5 Å². The zero-order chi connectivity index (χ0) is 15.1. The first kappa shape index (κ1) is 13.3. The van der Waals surface area contributed by atoms with Gasteiger partial charge in [-0.2, -0.15) is 0 Å². The highest BCUT2D eigenvalue weighted by molar-refractivity contribution is 6.19. The van der Waals surface area contributed by atoms with E-state index in [0.29, 0.717) is 5.56 Å². The highest BCUT2D eigenvalue weighted by Gasteiger charge is 2.19. The lowest BCUT2D eigenvalue weighted by Gasteiger charge is -2.06. The zero-order valence-corrected chi connectivity index (χ0v) is 11.2. The number of nitrogens with two attached hydrogens (primary N) is 1. The average Bonchev–Trinajstić information content (AvgIpc) is 2.87. The predicted molar refractivity (Wildman–Crippen MR) is 77.2 cm³/mol. The predicted octanol–water partition coefficient (Wildman–Crippen LogP) is 3.57. The van der Waals surface area contributed by atoms with Crippen LogP contribution in [0.4, 0.5) is 14.5 Å². The van der Waals surface area contributed by atoms with Crippen molar-refractivity contribution in [2.24, 2.45) is 0 Å². The van der Waals surface area contributed by atoms with Gasteiger partial charge in [-0.3, -0.25) is 4.79 Å². The van der Waals surface area contributed by atoms with Gasteiger partial charge in [0.05, 0.1) is 0 Å². The second kappa shape index (κ2) is 4.70. The summed E-state index contributed by atoms with van der Waals surface area (Å²) in [6.45, 7) is 1.88. The molecular weight excluding hydrogens is 274 g/mol. The van der Waals surface area contributed by atoms with Crippen molar-refractivity contribution in [1.82, 2.24) is 4.98 Å². The third-order valence-corrected chi connectivity index (χ3v) is 3.50. The molecule has 0 amide bonds. The van der Waals surface area contributed by atoms with E-state index in [4.69, 9.17) is 5.73 Å². The summed E-state index contributed by atoms with van der Waals surface area (Å²) in [6.07, 6.45) is 1.56. The summed E-state index contributed by atoms with van der Waals surface area (Å²) in [5, 5.41) is 0.756. The molecule has 21 heavy (non-hydrogen) atoms. The van der Waals surface area contributed by atoms with Crippen LogP contribution in [0, 0.1) is 18.6 Å². The molecule has 1 aromatic heterocycles. The monoisotopic (exact) mass is 286 g/mol. The number of fused-ring (bicyclic) bond motifs is 1. The molecule has 106 valence electrons. The van der Waals surface area contributed by atoms with Crippen LogP contribution in [0.15, 0.2) is 36.5 Å². The average molecular weight is 286 g/mol. The number of carbonyl (C=O) groups is 1. The number of H-pyrrole nitrogens is 1. The van der Waals surface area contributed by atoms with E-state index in [2.05, 4.69) is 4.98 Å². The van der Waals surface area contributed by atoms with Gasteiger partial charge in [-0.15, -0.1) is 0 Å². The molecule has 0 saturated carbocycles. The Bertz CT molecular complexity index is 868. The van der Waals surface area contributed by atoms with Crippen molar-refractivity contribution in [3.63, 3.8) is 0 Å². The van der Waals surface area contributed by atoms with Crippen LogP contribution in [0.5, 0.6) is 0 Å². The van der Waals surface area contributed by atoms with E-state index in [1.165, 1.54) is 0 Å².